The molecule has 2 atom stereocenters. The van der Waals surface area contributed by atoms with Gasteiger partial charge >= 0.3 is 0 Å². The Hall–Kier alpha value is -0.570. The molecule has 15 heavy (non-hydrogen) atoms. The van der Waals surface area contributed by atoms with E-state index in [-0.39, 0.29) is 18.5 Å². The van der Waals surface area contributed by atoms with E-state index < -0.39 is 0 Å². The van der Waals surface area contributed by atoms with E-state index in [4.69, 9.17) is 4.74 Å². The van der Waals surface area contributed by atoms with Crippen LogP contribution >= 0.6 is 12.4 Å². The Bertz CT molecular complexity index is 253. The van der Waals surface area contributed by atoms with Crippen molar-refractivity contribution >= 4 is 12.4 Å². The molecule has 3 heteroatoms. The number of nitrogens with one attached hydrogen (secondary N) is 1. The topological polar surface area (TPSA) is 21.3 Å². The fourth-order valence-corrected chi connectivity index (χ4v) is 1.50. The Balaban J connectivity index is 0.00000196. The third-order valence-corrected chi connectivity index (χ3v) is 2.38. The Morgan fingerprint density at radius 3 is 2.33 bits per heavy atom. The molecule has 0 spiro atoms. The molecule has 86 valence electrons. The van der Waals surface area contributed by atoms with Gasteiger partial charge in [-0.2, -0.15) is 0 Å². The van der Waals surface area contributed by atoms with Gasteiger partial charge in [-0.05, 0) is 26.5 Å². The van der Waals surface area contributed by atoms with E-state index >= 15 is 0 Å². The van der Waals surface area contributed by atoms with Gasteiger partial charge < -0.3 is 10.1 Å². The normalized spacial score (nSPS) is 14.1. The summed E-state index contributed by atoms with van der Waals surface area (Å²) in [6.07, 6.45) is 0.145. The Morgan fingerprint density at radius 2 is 1.87 bits per heavy atom. The van der Waals surface area contributed by atoms with Gasteiger partial charge in [0, 0.05) is 12.6 Å². The lowest BCUT2D eigenvalue weighted by atomic mass is 10.0. The predicted octanol–water partition coefficient (Wildman–Crippen LogP) is 2.79. The SMILES string of the molecule is CCOC(c1ccccc1)C(C)NC.Cl. The quantitative estimate of drug-likeness (QED) is 0.839. The third kappa shape index (κ3) is 4.20. The summed E-state index contributed by atoms with van der Waals surface area (Å²) >= 11 is 0. The van der Waals surface area contributed by atoms with Gasteiger partial charge in [0.2, 0.25) is 0 Å². The summed E-state index contributed by atoms with van der Waals surface area (Å²) in [6.45, 7) is 4.90. The first kappa shape index (κ1) is 14.4. The van der Waals surface area contributed by atoms with Crippen molar-refractivity contribution in [1.82, 2.24) is 5.32 Å². The maximum atomic E-state index is 5.72. The Morgan fingerprint density at radius 1 is 1.27 bits per heavy atom. The second kappa shape index (κ2) is 7.69. The first-order valence-electron chi connectivity index (χ1n) is 5.13. The molecule has 0 bridgehead atoms. The van der Waals surface area contributed by atoms with E-state index in [1.165, 1.54) is 5.56 Å². The first-order chi connectivity index (χ1) is 6.79. The number of ether oxygens (including phenoxy) is 1. The van der Waals surface area contributed by atoms with Crippen LogP contribution in [-0.2, 0) is 4.74 Å². The van der Waals surface area contributed by atoms with E-state index in [0.29, 0.717) is 6.04 Å². The molecule has 0 amide bonds. The van der Waals surface area contributed by atoms with Crippen molar-refractivity contribution in [3.05, 3.63) is 35.9 Å². The zero-order valence-corrected chi connectivity index (χ0v) is 10.4. The third-order valence-electron chi connectivity index (χ3n) is 2.38. The summed E-state index contributed by atoms with van der Waals surface area (Å²) < 4.78 is 5.72. The molecular formula is C12H20ClNO. The van der Waals surface area contributed by atoms with Crippen LogP contribution in [0.2, 0.25) is 0 Å². The van der Waals surface area contributed by atoms with Gasteiger partial charge in [-0.3, -0.25) is 0 Å². The van der Waals surface area contributed by atoms with Crippen molar-refractivity contribution in [3.63, 3.8) is 0 Å². The maximum Gasteiger partial charge on any atom is 0.0974 e. The van der Waals surface area contributed by atoms with E-state index in [9.17, 15) is 0 Å². The lowest BCUT2D eigenvalue weighted by Gasteiger charge is -2.23. The van der Waals surface area contributed by atoms with E-state index in [0.717, 1.165) is 6.61 Å². The highest BCUT2D eigenvalue weighted by atomic mass is 35.5. The number of hydrogen-bond donors (Lipinski definition) is 1. The molecule has 0 radical (unpaired) electrons. The van der Waals surface area contributed by atoms with E-state index in [1.54, 1.807) is 0 Å². The van der Waals surface area contributed by atoms with Crippen LogP contribution in [0.3, 0.4) is 0 Å². The van der Waals surface area contributed by atoms with Crippen molar-refractivity contribution in [2.24, 2.45) is 0 Å². The fourth-order valence-electron chi connectivity index (χ4n) is 1.50. The monoisotopic (exact) mass is 229 g/mol. The number of benzene rings is 1. The van der Waals surface area contributed by atoms with Crippen LogP contribution in [0.5, 0.6) is 0 Å². The van der Waals surface area contributed by atoms with Crippen molar-refractivity contribution in [3.8, 4) is 0 Å². The fraction of sp³-hybridized carbons (Fsp3) is 0.500. The van der Waals surface area contributed by atoms with Crippen molar-refractivity contribution in [2.75, 3.05) is 13.7 Å². The van der Waals surface area contributed by atoms with Crippen molar-refractivity contribution < 1.29 is 4.74 Å². The Labute approximate surface area is 98.4 Å². The highest BCUT2D eigenvalue weighted by Gasteiger charge is 2.17. The van der Waals surface area contributed by atoms with Gasteiger partial charge in [0.05, 0.1) is 6.10 Å². The number of likely N-dealkylation sites (N-methyl/N-ethyl adjacent to an activating group) is 1. The van der Waals surface area contributed by atoms with Gasteiger partial charge in [0.25, 0.3) is 0 Å². The van der Waals surface area contributed by atoms with Gasteiger partial charge in [-0.1, -0.05) is 30.3 Å². The van der Waals surface area contributed by atoms with Crippen LogP contribution < -0.4 is 5.32 Å². The summed E-state index contributed by atoms with van der Waals surface area (Å²) in [4.78, 5) is 0. The summed E-state index contributed by atoms with van der Waals surface area (Å²) in [7, 11) is 1.96. The van der Waals surface area contributed by atoms with Crippen LogP contribution in [0.15, 0.2) is 30.3 Å². The van der Waals surface area contributed by atoms with Crippen molar-refractivity contribution in [2.45, 2.75) is 26.0 Å². The van der Waals surface area contributed by atoms with Crippen LogP contribution in [0.25, 0.3) is 0 Å². The zero-order valence-electron chi connectivity index (χ0n) is 9.57. The maximum absolute atomic E-state index is 5.72. The highest BCUT2D eigenvalue weighted by Crippen LogP contribution is 2.20. The standard InChI is InChI=1S/C12H19NO.ClH/c1-4-14-12(10(2)13-3)11-8-6-5-7-9-11;/h5-10,12-13H,4H2,1-3H3;1H. The van der Waals surface area contributed by atoms with Gasteiger partial charge in [0.15, 0.2) is 0 Å². The predicted molar refractivity (Wildman–Crippen MR) is 66.6 cm³/mol. The zero-order chi connectivity index (χ0) is 10.4. The van der Waals surface area contributed by atoms with Gasteiger partial charge in [-0.25, -0.2) is 0 Å². The number of hydrogen-bond acceptors (Lipinski definition) is 2. The molecule has 1 aromatic carbocycles. The molecule has 0 heterocycles. The molecule has 2 unspecified atom stereocenters. The molecule has 0 aliphatic heterocycles. The lowest BCUT2D eigenvalue weighted by Crippen LogP contribution is -2.30. The molecule has 1 N–H and O–H groups in total. The largest absolute Gasteiger partial charge is 0.372 e. The molecule has 0 saturated heterocycles. The molecule has 0 aliphatic rings. The molecule has 0 saturated carbocycles. The summed E-state index contributed by atoms with van der Waals surface area (Å²) in [5, 5.41) is 3.22. The van der Waals surface area contributed by atoms with Gasteiger partial charge in [-0.15, -0.1) is 12.4 Å². The molecule has 0 aromatic heterocycles. The van der Waals surface area contributed by atoms with Crippen molar-refractivity contribution in [1.29, 1.82) is 0 Å². The van der Waals surface area contributed by atoms with Crippen LogP contribution in [0.4, 0.5) is 0 Å². The van der Waals surface area contributed by atoms with Gasteiger partial charge in [0.1, 0.15) is 0 Å². The minimum Gasteiger partial charge on any atom is -0.372 e. The van der Waals surface area contributed by atoms with Crippen LogP contribution in [-0.4, -0.2) is 19.7 Å². The van der Waals surface area contributed by atoms with E-state index in [2.05, 4.69) is 24.4 Å². The number of halogens is 1. The second-order valence-electron chi connectivity index (χ2n) is 3.36. The lowest BCUT2D eigenvalue weighted by molar-refractivity contribution is 0.0399. The molecule has 1 rings (SSSR count). The first-order valence-corrected chi connectivity index (χ1v) is 5.13. The van der Waals surface area contributed by atoms with Crippen LogP contribution in [0.1, 0.15) is 25.5 Å². The Kier molecular flexibility index (Phi) is 7.39. The van der Waals surface area contributed by atoms with E-state index in [1.807, 2.05) is 32.2 Å². The average molecular weight is 230 g/mol. The highest BCUT2D eigenvalue weighted by molar-refractivity contribution is 5.85. The average Bonchev–Trinajstić information content (AvgIpc) is 2.26. The smallest absolute Gasteiger partial charge is 0.0974 e. The molecule has 2 nitrogen and oxygen atoms in total. The van der Waals surface area contributed by atoms with Crippen LogP contribution in [0, 0.1) is 0 Å². The molecule has 1 aromatic rings. The summed E-state index contributed by atoms with van der Waals surface area (Å²) in [5.74, 6) is 0. The second-order valence-corrected chi connectivity index (χ2v) is 3.36. The summed E-state index contributed by atoms with van der Waals surface area (Å²) in [6, 6.07) is 10.7. The molecule has 0 fully saturated rings. The minimum atomic E-state index is 0. The molecule has 0 aliphatic carbocycles. The number of rotatable bonds is 5. The minimum absolute atomic E-state index is 0. The summed E-state index contributed by atoms with van der Waals surface area (Å²) in [5.41, 5.74) is 1.23. The molecular weight excluding hydrogens is 210 g/mol.